The number of carbonyl (C=O) groups excluding carboxylic acids is 1. The highest BCUT2D eigenvalue weighted by molar-refractivity contribution is 14.1. The number of fused-ring (bicyclic) bond motifs is 1. The molecule has 3 aromatic rings. The summed E-state index contributed by atoms with van der Waals surface area (Å²) in [5.74, 6) is 0.276. The lowest BCUT2D eigenvalue weighted by Crippen LogP contribution is -2.11. The Balaban J connectivity index is 1.95. The van der Waals surface area contributed by atoms with Gasteiger partial charge in [-0.05, 0) is 34.7 Å². The minimum absolute atomic E-state index is 0.184. The van der Waals surface area contributed by atoms with Crippen molar-refractivity contribution in [2.24, 2.45) is 0 Å². The molecule has 0 unspecified atom stereocenters. The van der Waals surface area contributed by atoms with Gasteiger partial charge < -0.3 is 4.74 Å². The molecule has 0 atom stereocenters. The fourth-order valence-corrected chi connectivity index (χ4v) is 3.40. The number of methoxy groups -OCH3 is 1. The van der Waals surface area contributed by atoms with E-state index in [1.165, 1.54) is 11.3 Å². The van der Waals surface area contributed by atoms with Gasteiger partial charge in [0.1, 0.15) is 5.52 Å². The molecule has 0 radical (unpaired) electrons. The fraction of sp³-hybridized carbons (Fsp3) is 0.0714. The van der Waals surface area contributed by atoms with Crippen molar-refractivity contribution in [3.63, 3.8) is 0 Å². The highest BCUT2D eigenvalue weighted by Crippen LogP contribution is 2.34. The first kappa shape index (κ1) is 14.2. The second-order valence-electron chi connectivity index (χ2n) is 4.13. The van der Waals surface area contributed by atoms with Crippen molar-refractivity contribution in [1.29, 1.82) is 0 Å². The van der Waals surface area contributed by atoms with Crippen LogP contribution in [-0.2, 0) is 0 Å². The van der Waals surface area contributed by atoms with Crippen LogP contribution in [0.1, 0.15) is 10.4 Å². The predicted molar refractivity (Wildman–Crippen MR) is 91.1 cm³/mol. The third kappa shape index (κ3) is 2.84. The van der Waals surface area contributed by atoms with Gasteiger partial charge in [0.2, 0.25) is 5.88 Å². The molecule has 0 spiro atoms. The van der Waals surface area contributed by atoms with E-state index in [1.807, 2.05) is 18.2 Å². The van der Waals surface area contributed by atoms with Crippen LogP contribution >= 0.6 is 33.9 Å². The number of rotatable bonds is 3. The van der Waals surface area contributed by atoms with Crippen molar-refractivity contribution in [3.05, 3.63) is 45.7 Å². The van der Waals surface area contributed by atoms with Crippen molar-refractivity contribution in [2.45, 2.75) is 0 Å². The first-order valence-corrected chi connectivity index (χ1v) is 7.94. The van der Waals surface area contributed by atoms with E-state index in [2.05, 4.69) is 37.9 Å². The Labute approximate surface area is 138 Å². The van der Waals surface area contributed by atoms with E-state index in [0.29, 0.717) is 22.1 Å². The normalized spacial score (nSPS) is 10.6. The van der Waals surface area contributed by atoms with Crippen LogP contribution in [0.2, 0.25) is 0 Å². The van der Waals surface area contributed by atoms with Crippen molar-refractivity contribution in [1.82, 2.24) is 9.97 Å². The standard InChI is InChI=1S/C14H10IN3O2S/c1-20-13-10-11(9(15)7-16-13)21-14(17-10)18-12(19)8-5-3-2-4-6-8/h2-7H,1H3,(H,17,18,19). The Morgan fingerprint density at radius 3 is 2.81 bits per heavy atom. The van der Waals surface area contributed by atoms with Crippen LogP contribution in [0.25, 0.3) is 10.2 Å². The summed E-state index contributed by atoms with van der Waals surface area (Å²) in [5.41, 5.74) is 1.26. The molecule has 1 amide bonds. The molecule has 106 valence electrons. The van der Waals surface area contributed by atoms with E-state index >= 15 is 0 Å². The number of benzene rings is 1. The minimum atomic E-state index is -0.184. The van der Waals surface area contributed by atoms with Gasteiger partial charge in [-0.3, -0.25) is 10.1 Å². The number of carbonyl (C=O) groups is 1. The van der Waals surface area contributed by atoms with Gasteiger partial charge in [-0.2, -0.15) is 0 Å². The van der Waals surface area contributed by atoms with Gasteiger partial charge in [-0.25, -0.2) is 9.97 Å². The van der Waals surface area contributed by atoms with Gasteiger partial charge in [0.05, 0.1) is 15.4 Å². The number of ether oxygens (including phenoxy) is 1. The van der Waals surface area contributed by atoms with E-state index in [4.69, 9.17) is 4.74 Å². The summed E-state index contributed by atoms with van der Waals surface area (Å²) in [5, 5.41) is 3.34. The lowest BCUT2D eigenvalue weighted by molar-refractivity contribution is 0.102. The molecule has 5 nitrogen and oxygen atoms in total. The molecule has 2 aromatic heterocycles. The number of hydrogen-bond acceptors (Lipinski definition) is 5. The van der Waals surface area contributed by atoms with Crippen LogP contribution in [0, 0.1) is 3.57 Å². The molecule has 3 rings (SSSR count). The summed E-state index contributed by atoms with van der Waals surface area (Å²) in [6.45, 7) is 0. The number of amides is 1. The summed E-state index contributed by atoms with van der Waals surface area (Å²) in [4.78, 5) is 20.7. The van der Waals surface area contributed by atoms with Crippen molar-refractivity contribution in [2.75, 3.05) is 12.4 Å². The second kappa shape index (κ2) is 5.94. The Hall–Kier alpha value is -1.74. The number of pyridine rings is 1. The first-order valence-electron chi connectivity index (χ1n) is 6.04. The van der Waals surface area contributed by atoms with E-state index in [9.17, 15) is 4.79 Å². The highest BCUT2D eigenvalue weighted by Gasteiger charge is 2.15. The molecular weight excluding hydrogens is 401 g/mol. The zero-order valence-electron chi connectivity index (χ0n) is 11.0. The summed E-state index contributed by atoms with van der Waals surface area (Å²) < 4.78 is 7.13. The average molecular weight is 411 g/mol. The maximum absolute atomic E-state index is 12.1. The SMILES string of the molecule is COc1ncc(I)c2sc(NC(=O)c3ccccc3)nc12. The number of thiazole rings is 1. The number of hydrogen-bond donors (Lipinski definition) is 1. The molecule has 0 aliphatic carbocycles. The van der Waals surface area contributed by atoms with E-state index in [0.717, 1.165) is 8.27 Å². The molecule has 7 heteroatoms. The number of halogens is 1. The summed E-state index contributed by atoms with van der Waals surface area (Å²) in [6.07, 6.45) is 1.72. The van der Waals surface area contributed by atoms with Crippen molar-refractivity contribution < 1.29 is 9.53 Å². The van der Waals surface area contributed by atoms with Crippen LogP contribution in [-0.4, -0.2) is 23.0 Å². The fourth-order valence-electron chi connectivity index (χ4n) is 1.82. The molecule has 0 aliphatic rings. The average Bonchev–Trinajstić information content (AvgIpc) is 2.93. The summed E-state index contributed by atoms with van der Waals surface area (Å²) in [7, 11) is 1.55. The third-order valence-corrected chi connectivity index (χ3v) is 4.98. The van der Waals surface area contributed by atoms with Gasteiger partial charge in [0.15, 0.2) is 5.13 Å². The Morgan fingerprint density at radius 1 is 1.33 bits per heavy atom. The largest absolute Gasteiger partial charge is 0.479 e. The second-order valence-corrected chi connectivity index (χ2v) is 6.29. The zero-order chi connectivity index (χ0) is 14.8. The van der Waals surface area contributed by atoms with Crippen LogP contribution in [0.15, 0.2) is 36.5 Å². The molecule has 0 bridgehead atoms. The number of aromatic nitrogens is 2. The van der Waals surface area contributed by atoms with E-state index in [1.54, 1.807) is 25.4 Å². The minimum Gasteiger partial charge on any atom is -0.479 e. The predicted octanol–water partition coefficient (Wildman–Crippen LogP) is 3.56. The lowest BCUT2D eigenvalue weighted by Gasteiger charge is -2.00. The maximum Gasteiger partial charge on any atom is 0.257 e. The van der Waals surface area contributed by atoms with Crippen molar-refractivity contribution >= 4 is 55.2 Å². The zero-order valence-corrected chi connectivity index (χ0v) is 13.9. The number of nitrogens with zero attached hydrogens (tertiary/aromatic N) is 2. The Morgan fingerprint density at radius 2 is 2.10 bits per heavy atom. The molecule has 1 aromatic carbocycles. The molecule has 0 saturated carbocycles. The number of nitrogens with one attached hydrogen (secondary N) is 1. The maximum atomic E-state index is 12.1. The Kier molecular flexibility index (Phi) is 4.02. The molecule has 2 heterocycles. The third-order valence-electron chi connectivity index (χ3n) is 2.79. The molecule has 0 saturated heterocycles. The van der Waals surface area contributed by atoms with Crippen molar-refractivity contribution in [3.8, 4) is 5.88 Å². The highest BCUT2D eigenvalue weighted by atomic mass is 127. The van der Waals surface area contributed by atoms with Gasteiger partial charge >= 0.3 is 0 Å². The quantitative estimate of drug-likeness (QED) is 0.670. The van der Waals surface area contributed by atoms with Crippen LogP contribution in [0.4, 0.5) is 5.13 Å². The lowest BCUT2D eigenvalue weighted by atomic mass is 10.2. The van der Waals surface area contributed by atoms with E-state index in [-0.39, 0.29) is 5.91 Å². The van der Waals surface area contributed by atoms with Gasteiger partial charge in [0.25, 0.3) is 5.91 Å². The van der Waals surface area contributed by atoms with Gasteiger partial charge in [-0.15, -0.1) is 0 Å². The van der Waals surface area contributed by atoms with E-state index < -0.39 is 0 Å². The monoisotopic (exact) mass is 411 g/mol. The smallest absolute Gasteiger partial charge is 0.257 e. The van der Waals surface area contributed by atoms with Crippen LogP contribution in [0.5, 0.6) is 5.88 Å². The molecule has 21 heavy (non-hydrogen) atoms. The van der Waals surface area contributed by atoms with Crippen LogP contribution in [0.3, 0.4) is 0 Å². The number of anilines is 1. The summed E-state index contributed by atoms with van der Waals surface area (Å²) >= 11 is 3.60. The van der Waals surface area contributed by atoms with Crippen LogP contribution < -0.4 is 10.1 Å². The van der Waals surface area contributed by atoms with Gasteiger partial charge in [0, 0.05) is 11.8 Å². The topological polar surface area (TPSA) is 64.1 Å². The van der Waals surface area contributed by atoms with Gasteiger partial charge in [-0.1, -0.05) is 29.5 Å². The Bertz CT molecular complexity index is 805. The first-order chi connectivity index (χ1) is 10.2. The molecular formula is C14H10IN3O2S. The molecule has 0 fully saturated rings. The summed E-state index contributed by atoms with van der Waals surface area (Å²) in [6, 6.07) is 9.03. The molecule has 0 aliphatic heterocycles. The molecule has 1 N–H and O–H groups in total.